The van der Waals surface area contributed by atoms with E-state index in [1.165, 1.54) is 18.4 Å². The maximum absolute atomic E-state index is 5.80. The molecule has 2 aliphatic rings. The number of likely N-dealkylation sites (tertiary alicyclic amines) is 1. The van der Waals surface area contributed by atoms with Crippen molar-refractivity contribution in [1.82, 2.24) is 20.0 Å². The summed E-state index contributed by atoms with van der Waals surface area (Å²) in [4.78, 5) is 7.22. The second-order valence-corrected chi connectivity index (χ2v) is 6.56. The van der Waals surface area contributed by atoms with Gasteiger partial charge in [0.05, 0.1) is 18.8 Å². The molecule has 2 saturated heterocycles. The summed E-state index contributed by atoms with van der Waals surface area (Å²) in [5.74, 6) is 1.59. The van der Waals surface area contributed by atoms with Crippen molar-refractivity contribution in [3.8, 4) is 0 Å². The number of hydrogen-bond acceptors (Lipinski definition) is 3. The molecule has 0 aromatic carbocycles. The molecule has 3 rings (SSSR count). The third-order valence-electron chi connectivity index (χ3n) is 4.74. The molecule has 2 fully saturated rings. The summed E-state index contributed by atoms with van der Waals surface area (Å²) in [7, 11) is 1.98. The molecule has 136 valence electrons. The zero-order valence-electron chi connectivity index (χ0n) is 14.8. The molecule has 3 heterocycles. The van der Waals surface area contributed by atoms with Gasteiger partial charge in [0, 0.05) is 45.4 Å². The molecular formula is C17H30IN5O. The molecule has 2 unspecified atom stereocenters. The summed E-state index contributed by atoms with van der Waals surface area (Å²) in [6, 6.07) is 0. The molecule has 0 aliphatic carbocycles. The third kappa shape index (κ3) is 5.08. The Hall–Kier alpha value is -0.830. The minimum atomic E-state index is 0. The quantitative estimate of drug-likeness (QED) is 0.438. The number of nitrogens with zero attached hydrogens (tertiary/aromatic N) is 4. The van der Waals surface area contributed by atoms with Crippen LogP contribution in [0.3, 0.4) is 0 Å². The molecule has 1 N–H and O–H groups in total. The SMILES string of the molecule is CCNC(=NCC1CCCCO1)N1CCC(c2cnn(C)c2)C1.I. The lowest BCUT2D eigenvalue weighted by Crippen LogP contribution is -2.40. The normalized spacial score (nSPS) is 24.8. The smallest absolute Gasteiger partial charge is 0.194 e. The highest BCUT2D eigenvalue weighted by molar-refractivity contribution is 14.0. The highest BCUT2D eigenvalue weighted by atomic mass is 127. The van der Waals surface area contributed by atoms with Gasteiger partial charge >= 0.3 is 0 Å². The molecule has 1 aromatic heterocycles. The van der Waals surface area contributed by atoms with Crippen molar-refractivity contribution in [2.75, 3.05) is 32.8 Å². The van der Waals surface area contributed by atoms with Gasteiger partial charge in [-0.1, -0.05) is 0 Å². The van der Waals surface area contributed by atoms with Crippen LogP contribution >= 0.6 is 24.0 Å². The van der Waals surface area contributed by atoms with Gasteiger partial charge < -0.3 is 15.0 Å². The first-order chi connectivity index (χ1) is 11.3. The third-order valence-corrected chi connectivity index (χ3v) is 4.74. The van der Waals surface area contributed by atoms with Crippen molar-refractivity contribution in [3.63, 3.8) is 0 Å². The van der Waals surface area contributed by atoms with Crippen LogP contribution in [0.4, 0.5) is 0 Å². The van der Waals surface area contributed by atoms with E-state index in [1.54, 1.807) is 0 Å². The fourth-order valence-corrected chi connectivity index (χ4v) is 3.44. The summed E-state index contributed by atoms with van der Waals surface area (Å²) in [5.41, 5.74) is 1.33. The highest BCUT2D eigenvalue weighted by Crippen LogP contribution is 2.26. The van der Waals surface area contributed by atoms with E-state index in [-0.39, 0.29) is 24.0 Å². The van der Waals surface area contributed by atoms with Gasteiger partial charge in [-0.25, -0.2) is 0 Å². The van der Waals surface area contributed by atoms with Crippen LogP contribution in [0.5, 0.6) is 0 Å². The molecule has 0 saturated carbocycles. The number of aliphatic imine (C=N–C) groups is 1. The first kappa shape index (κ1) is 19.5. The lowest BCUT2D eigenvalue weighted by atomic mass is 10.0. The average molecular weight is 447 g/mol. The maximum Gasteiger partial charge on any atom is 0.194 e. The zero-order valence-corrected chi connectivity index (χ0v) is 17.1. The average Bonchev–Trinajstić information content (AvgIpc) is 3.21. The van der Waals surface area contributed by atoms with Crippen LogP contribution in [-0.2, 0) is 11.8 Å². The summed E-state index contributed by atoms with van der Waals surface area (Å²) in [6.07, 6.45) is 9.19. The molecule has 1 aromatic rings. The van der Waals surface area contributed by atoms with Crippen LogP contribution in [0.15, 0.2) is 17.4 Å². The van der Waals surface area contributed by atoms with E-state index in [0.29, 0.717) is 12.0 Å². The predicted molar refractivity (Wildman–Crippen MR) is 107 cm³/mol. The summed E-state index contributed by atoms with van der Waals surface area (Å²) in [6.45, 7) is 6.76. The molecule has 24 heavy (non-hydrogen) atoms. The van der Waals surface area contributed by atoms with Crippen LogP contribution < -0.4 is 5.32 Å². The van der Waals surface area contributed by atoms with Gasteiger partial charge in [-0.3, -0.25) is 9.67 Å². The van der Waals surface area contributed by atoms with E-state index < -0.39 is 0 Å². The minimum absolute atomic E-state index is 0. The Morgan fingerprint density at radius 3 is 2.96 bits per heavy atom. The number of halogens is 1. The molecular weight excluding hydrogens is 417 g/mol. The number of ether oxygens (including phenoxy) is 1. The lowest BCUT2D eigenvalue weighted by molar-refractivity contribution is 0.0223. The van der Waals surface area contributed by atoms with Crippen LogP contribution in [0.2, 0.25) is 0 Å². The second-order valence-electron chi connectivity index (χ2n) is 6.56. The maximum atomic E-state index is 5.80. The number of hydrogen-bond donors (Lipinski definition) is 1. The topological polar surface area (TPSA) is 54.7 Å². The Morgan fingerprint density at radius 2 is 2.29 bits per heavy atom. The van der Waals surface area contributed by atoms with E-state index >= 15 is 0 Å². The Kier molecular flexibility index (Phi) is 7.80. The van der Waals surface area contributed by atoms with Gasteiger partial charge in [0.2, 0.25) is 0 Å². The molecule has 7 heteroatoms. The van der Waals surface area contributed by atoms with Gasteiger partial charge in [0.15, 0.2) is 5.96 Å². The van der Waals surface area contributed by atoms with Crippen LogP contribution in [0.1, 0.15) is 44.1 Å². The Balaban J connectivity index is 0.00000208. The van der Waals surface area contributed by atoms with Crippen molar-refractivity contribution in [1.29, 1.82) is 0 Å². The number of rotatable bonds is 4. The number of aromatic nitrogens is 2. The Bertz CT molecular complexity index is 527. The molecule has 2 aliphatic heterocycles. The number of aryl methyl sites for hydroxylation is 1. The minimum Gasteiger partial charge on any atom is -0.376 e. The van der Waals surface area contributed by atoms with E-state index in [0.717, 1.165) is 51.6 Å². The van der Waals surface area contributed by atoms with Gasteiger partial charge in [-0.2, -0.15) is 5.10 Å². The number of guanidine groups is 1. The molecule has 2 atom stereocenters. The van der Waals surface area contributed by atoms with E-state index in [9.17, 15) is 0 Å². The zero-order chi connectivity index (χ0) is 16.1. The van der Waals surface area contributed by atoms with Crippen LogP contribution in [0.25, 0.3) is 0 Å². The van der Waals surface area contributed by atoms with Crippen molar-refractivity contribution in [3.05, 3.63) is 18.0 Å². The van der Waals surface area contributed by atoms with E-state index in [4.69, 9.17) is 9.73 Å². The van der Waals surface area contributed by atoms with Crippen molar-refractivity contribution >= 4 is 29.9 Å². The summed E-state index contributed by atoms with van der Waals surface area (Å²) >= 11 is 0. The van der Waals surface area contributed by atoms with Crippen molar-refractivity contribution in [2.24, 2.45) is 12.0 Å². The van der Waals surface area contributed by atoms with Crippen LogP contribution in [0, 0.1) is 0 Å². The second kappa shape index (κ2) is 9.60. The van der Waals surface area contributed by atoms with Gasteiger partial charge in [0.1, 0.15) is 0 Å². The van der Waals surface area contributed by atoms with Crippen molar-refractivity contribution < 1.29 is 4.74 Å². The predicted octanol–water partition coefficient (Wildman–Crippen LogP) is 2.36. The lowest BCUT2D eigenvalue weighted by Gasteiger charge is -2.24. The molecule has 0 bridgehead atoms. The van der Waals surface area contributed by atoms with Crippen LogP contribution in [-0.4, -0.2) is 59.5 Å². The summed E-state index contributed by atoms with van der Waals surface area (Å²) in [5, 5.41) is 7.74. The van der Waals surface area contributed by atoms with Crippen molar-refractivity contribution in [2.45, 2.75) is 44.6 Å². The Morgan fingerprint density at radius 1 is 1.42 bits per heavy atom. The summed E-state index contributed by atoms with van der Waals surface area (Å²) < 4.78 is 7.68. The van der Waals surface area contributed by atoms with E-state index in [1.807, 2.05) is 17.9 Å². The fraction of sp³-hybridized carbons (Fsp3) is 0.765. The molecule has 0 amide bonds. The first-order valence-electron chi connectivity index (χ1n) is 8.89. The number of nitrogens with one attached hydrogen (secondary N) is 1. The van der Waals surface area contributed by atoms with Gasteiger partial charge in [-0.15, -0.1) is 24.0 Å². The van der Waals surface area contributed by atoms with E-state index in [2.05, 4.69) is 28.4 Å². The van der Waals surface area contributed by atoms with Gasteiger partial charge in [0.25, 0.3) is 0 Å². The first-order valence-corrected chi connectivity index (χ1v) is 8.89. The molecule has 0 radical (unpaired) electrons. The van der Waals surface area contributed by atoms with Gasteiger partial charge in [-0.05, 0) is 38.2 Å². The fourth-order valence-electron chi connectivity index (χ4n) is 3.44. The highest BCUT2D eigenvalue weighted by Gasteiger charge is 2.27. The standard InChI is InChI=1S/C17H29N5O.HI/c1-3-18-17(19-11-16-6-4-5-9-23-16)22-8-7-14(13-22)15-10-20-21(2)12-15;/h10,12,14,16H,3-9,11,13H2,1-2H3,(H,18,19);1H. The monoisotopic (exact) mass is 447 g/mol. The largest absolute Gasteiger partial charge is 0.376 e. The Labute approximate surface area is 162 Å². The molecule has 0 spiro atoms. The molecule has 6 nitrogen and oxygen atoms in total.